The zero-order valence-corrected chi connectivity index (χ0v) is 31.9. The summed E-state index contributed by atoms with van der Waals surface area (Å²) in [5, 5.41) is 27.0. The van der Waals surface area contributed by atoms with Gasteiger partial charge in [0.05, 0.1) is 18.2 Å². The molecule has 0 heterocycles. The fourth-order valence-corrected chi connectivity index (χ4v) is 11.7. The van der Waals surface area contributed by atoms with Crippen molar-refractivity contribution >= 4 is 23.4 Å². The number of amides is 2. The molecule has 6 aliphatic rings. The highest BCUT2D eigenvalue weighted by atomic mass is 35.5. The smallest absolute Gasteiger partial charge is 0.406 e. The van der Waals surface area contributed by atoms with Gasteiger partial charge in [-0.3, -0.25) is 4.79 Å². The molecule has 2 aromatic carbocycles. The third-order valence-corrected chi connectivity index (χ3v) is 14.4. The van der Waals surface area contributed by atoms with Crippen molar-refractivity contribution in [3.05, 3.63) is 88.2 Å². The van der Waals surface area contributed by atoms with Crippen LogP contribution in [0.1, 0.15) is 83.8 Å². The monoisotopic (exact) mass is 772 g/mol. The number of urea groups is 1. The third-order valence-electron chi connectivity index (χ3n) is 14.1. The molecule has 3 saturated carbocycles. The van der Waals surface area contributed by atoms with Crippen molar-refractivity contribution in [2.45, 2.75) is 110 Å². The Bertz CT molecular complexity index is 1860. The minimum absolute atomic E-state index is 0.0146. The van der Waals surface area contributed by atoms with Gasteiger partial charge in [-0.05, 0) is 106 Å². The molecular formula is C42H49ClF4N2O5. The molecular weight excluding hydrogens is 724 g/mol. The number of ketones is 1. The number of aliphatic hydroxyl groups excluding tert-OH is 1. The van der Waals surface area contributed by atoms with Crippen LogP contribution in [0.4, 0.5) is 22.4 Å². The first-order chi connectivity index (χ1) is 25.3. The van der Waals surface area contributed by atoms with Crippen LogP contribution in [0.3, 0.4) is 0 Å². The van der Waals surface area contributed by atoms with Gasteiger partial charge in [0.1, 0.15) is 11.6 Å². The Morgan fingerprint density at radius 2 is 1.67 bits per heavy atom. The number of benzene rings is 2. The highest BCUT2D eigenvalue weighted by Gasteiger charge is 2.74. The predicted molar refractivity (Wildman–Crippen MR) is 196 cm³/mol. The maximum absolute atomic E-state index is 15.1. The maximum atomic E-state index is 15.1. The molecule has 0 aliphatic heterocycles. The minimum Gasteiger partial charge on any atom is -0.406 e. The van der Waals surface area contributed by atoms with Gasteiger partial charge in [0, 0.05) is 51.4 Å². The number of hydrogen-bond acceptors (Lipinski definition) is 5. The fraction of sp³-hybridized carbons (Fsp3) is 0.571. The molecule has 2 amide bonds. The summed E-state index contributed by atoms with van der Waals surface area (Å²) in [6, 6.07) is 9.08. The Kier molecular flexibility index (Phi) is 9.62. The van der Waals surface area contributed by atoms with E-state index in [4.69, 9.17) is 11.6 Å². The second kappa shape index (κ2) is 13.4. The van der Waals surface area contributed by atoms with Crippen molar-refractivity contribution < 1.29 is 42.1 Å². The molecule has 8 rings (SSSR count). The Labute approximate surface area is 318 Å². The van der Waals surface area contributed by atoms with Crippen LogP contribution in [-0.4, -0.2) is 57.6 Å². The van der Waals surface area contributed by atoms with E-state index in [1.54, 1.807) is 6.07 Å². The number of allylic oxidation sites excluding steroid dienone is 4. The number of Topliss-reactive ketones (excluding diaryl/α,β-unsaturated/α-hetero) is 1. The second-order valence-electron chi connectivity index (χ2n) is 17.3. The van der Waals surface area contributed by atoms with Crippen LogP contribution in [0.15, 0.2) is 66.3 Å². The first kappa shape index (κ1) is 38.8. The predicted octanol–water partition coefficient (Wildman–Crippen LogP) is 8.70. The first-order valence-electron chi connectivity index (χ1n) is 19.0. The number of carbonyl (C=O) groups is 2. The molecule has 7 nitrogen and oxygen atoms in total. The molecule has 0 saturated heterocycles. The van der Waals surface area contributed by atoms with Crippen molar-refractivity contribution in [1.29, 1.82) is 0 Å². The average Bonchev–Trinajstić information content (AvgIpc) is 3.35. The van der Waals surface area contributed by atoms with Crippen LogP contribution in [0.5, 0.6) is 5.75 Å². The lowest BCUT2D eigenvalue weighted by Crippen LogP contribution is -2.67. The normalized spacial score (nSPS) is 35.2. The molecule has 2 aromatic rings. The van der Waals surface area contributed by atoms with Gasteiger partial charge in [-0.1, -0.05) is 61.9 Å². The van der Waals surface area contributed by atoms with Crippen LogP contribution in [0.25, 0.3) is 0 Å². The lowest BCUT2D eigenvalue weighted by atomic mass is 9.32. The van der Waals surface area contributed by atoms with Crippen LogP contribution < -0.4 is 10.1 Å². The molecule has 6 aliphatic carbocycles. The highest BCUT2D eigenvalue weighted by molar-refractivity contribution is 6.31. The molecule has 12 heteroatoms. The van der Waals surface area contributed by atoms with E-state index in [1.807, 2.05) is 13.8 Å². The number of nitrogens with zero attached hydrogens (tertiary/aromatic N) is 1. The molecule has 1 unspecified atom stereocenters. The first-order valence-corrected chi connectivity index (χ1v) is 19.3. The number of rotatable bonds is 9. The van der Waals surface area contributed by atoms with E-state index in [9.17, 15) is 33.0 Å². The van der Waals surface area contributed by atoms with Crippen molar-refractivity contribution in [3.8, 4) is 5.75 Å². The second-order valence-corrected chi connectivity index (χ2v) is 17.7. The molecule has 3 N–H and O–H groups in total. The van der Waals surface area contributed by atoms with E-state index in [0.717, 1.165) is 6.42 Å². The topological polar surface area (TPSA) is 99.1 Å². The van der Waals surface area contributed by atoms with Crippen molar-refractivity contribution in [2.24, 2.45) is 33.5 Å². The number of ether oxygens (including phenoxy) is 1. The van der Waals surface area contributed by atoms with Crippen LogP contribution >= 0.6 is 11.6 Å². The molecule has 3 fully saturated rings. The Morgan fingerprint density at radius 1 is 1.00 bits per heavy atom. The lowest BCUT2D eigenvalue weighted by Gasteiger charge is -2.71. The van der Waals surface area contributed by atoms with Crippen LogP contribution in [0.2, 0.25) is 5.02 Å². The molecule has 292 valence electrons. The number of fused-ring (bicyclic) bond motifs is 1. The summed E-state index contributed by atoms with van der Waals surface area (Å²) in [4.78, 5) is 30.0. The number of alkyl halides is 3. The van der Waals surface area contributed by atoms with Crippen molar-refractivity contribution in [1.82, 2.24) is 10.2 Å². The van der Waals surface area contributed by atoms with Gasteiger partial charge in [0.15, 0.2) is 5.78 Å². The van der Waals surface area contributed by atoms with Gasteiger partial charge in [0.25, 0.3) is 0 Å². The average molecular weight is 773 g/mol. The van der Waals surface area contributed by atoms with Gasteiger partial charge in [-0.2, -0.15) is 0 Å². The van der Waals surface area contributed by atoms with Gasteiger partial charge in [-0.25, -0.2) is 9.18 Å². The van der Waals surface area contributed by atoms with Gasteiger partial charge in [0.2, 0.25) is 0 Å². The number of carbonyl (C=O) groups excluding carboxylic acids is 2. The summed E-state index contributed by atoms with van der Waals surface area (Å²) >= 11 is 6.44. The molecule has 2 spiro atoms. The Balaban J connectivity index is 1.26. The third kappa shape index (κ3) is 6.17. The summed E-state index contributed by atoms with van der Waals surface area (Å²) in [5.41, 5.74) is -2.49. The van der Waals surface area contributed by atoms with Gasteiger partial charge >= 0.3 is 12.4 Å². The van der Waals surface area contributed by atoms with Crippen LogP contribution in [-0.2, 0) is 17.8 Å². The fourth-order valence-electron chi connectivity index (χ4n) is 11.5. The summed E-state index contributed by atoms with van der Waals surface area (Å²) in [6.45, 7) is 7.96. The Hall–Kier alpha value is -3.41. The largest absolute Gasteiger partial charge is 0.573 e. The molecule has 8 atom stereocenters. The van der Waals surface area contributed by atoms with Crippen molar-refractivity contribution in [3.63, 3.8) is 0 Å². The molecule has 54 heavy (non-hydrogen) atoms. The number of nitrogens with one attached hydrogen (secondary N) is 1. The Morgan fingerprint density at radius 3 is 2.33 bits per heavy atom. The SMILES string of the molecule is CC(C)NC(=O)N(Cc1ccc(OC(F)(F)F)cc1)C[C@]1(O)CC[C@H]2[C@]34C=C[C@@]5(C=C3C(=O)Cc3c(F)cccc3Cl)CC(O)CC[C@]5(C)[C@H]4CC[C@@]21C. The lowest BCUT2D eigenvalue weighted by molar-refractivity contribution is -0.274. The van der Waals surface area contributed by atoms with Crippen molar-refractivity contribution in [2.75, 3.05) is 6.54 Å². The summed E-state index contributed by atoms with van der Waals surface area (Å²) in [6.07, 6.45) is 4.99. The zero-order valence-electron chi connectivity index (χ0n) is 31.1. The van der Waals surface area contributed by atoms with Gasteiger partial charge < -0.3 is 25.2 Å². The van der Waals surface area contributed by atoms with E-state index in [-0.39, 0.29) is 64.9 Å². The summed E-state index contributed by atoms with van der Waals surface area (Å²) in [7, 11) is 0. The van der Waals surface area contributed by atoms with Crippen LogP contribution in [0, 0.1) is 39.3 Å². The number of hydrogen-bond donors (Lipinski definition) is 3. The zero-order chi connectivity index (χ0) is 39.1. The number of aliphatic hydroxyl groups is 2. The minimum atomic E-state index is -4.84. The van der Waals surface area contributed by atoms with E-state index in [0.29, 0.717) is 49.7 Å². The van der Waals surface area contributed by atoms with E-state index >= 15 is 4.39 Å². The summed E-state index contributed by atoms with van der Waals surface area (Å²) < 4.78 is 57.7. The van der Waals surface area contributed by atoms with Gasteiger partial charge in [-0.15, -0.1) is 13.2 Å². The van der Waals surface area contributed by atoms with E-state index in [2.05, 4.69) is 42.1 Å². The standard InChI is InChI=1S/C42H49ClF4N2O5/c1-25(2)48-36(52)49(23-26-8-10-28(11-9-26)54-42(45,46)47)24-40(53)17-14-35-38(40,4)16-13-34-37(3)15-12-27(50)21-39(37)18-19-41(34,35)30(22-39)33(51)20-29-31(43)6-5-7-32(29)44/h5-11,18-19,22,25,27,34-35,50,53H,12-17,20-21,23-24H2,1-4H3,(H,48,52)/t27?,34-,35-,37-,38+,39+,40-,41-/m1/s1. The molecule has 0 aromatic heterocycles. The number of halogens is 5. The quantitative estimate of drug-likeness (QED) is 0.175. The molecule has 0 radical (unpaired) electrons. The van der Waals surface area contributed by atoms with E-state index < -0.39 is 46.2 Å². The van der Waals surface area contributed by atoms with E-state index in [1.165, 1.54) is 41.3 Å². The highest BCUT2D eigenvalue weighted by Crippen LogP contribution is 2.78. The molecule has 2 bridgehead atoms. The maximum Gasteiger partial charge on any atom is 0.573 e. The summed E-state index contributed by atoms with van der Waals surface area (Å²) in [5.74, 6) is -1.36.